The molecule has 0 aliphatic carbocycles. The Morgan fingerprint density at radius 1 is 1.00 bits per heavy atom. The predicted molar refractivity (Wildman–Crippen MR) is 106 cm³/mol. The number of benzene rings is 1. The molecule has 1 aliphatic heterocycles. The Bertz CT molecular complexity index is 664. The first-order chi connectivity index (χ1) is 12.8. The van der Waals surface area contributed by atoms with Crippen LogP contribution < -0.4 is 9.47 Å². The van der Waals surface area contributed by atoms with Gasteiger partial charge >= 0.3 is 0 Å². The van der Waals surface area contributed by atoms with Gasteiger partial charge in [0.15, 0.2) is 17.3 Å². The van der Waals surface area contributed by atoms with Crippen molar-refractivity contribution < 1.29 is 19.1 Å². The molecule has 1 aliphatic rings. The molecule has 6 heteroatoms. The van der Waals surface area contributed by atoms with Crippen molar-refractivity contribution in [3.05, 3.63) is 23.8 Å². The second kappa shape index (κ2) is 9.22. The van der Waals surface area contributed by atoms with Crippen molar-refractivity contribution in [1.82, 2.24) is 9.80 Å². The molecule has 0 saturated carbocycles. The highest BCUT2D eigenvalue weighted by atomic mass is 16.5. The Morgan fingerprint density at radius 2 is 1.63 bits per heavy atom. The monoisotopic (exact) mass is 376 g/mol. The Balaban J connectivity index is 1.86. The van der Waals surface area contributed by atoms with Crippen LogP contribution in [0.2, 0.25) is 0 Å². The van der Waals surface area contributed by atoms with E-state index in [-0.39, 0.29) is 30.1 Å². The number of methoxy groups -OCH3 is 2. The summed E-state index contributed by atoms with van der Waals surface area (Å²) >= 11 is 0. The topological polar surface area (TPSA) is 59.1 Å². The number of ketones is 1. The summed E-state index contributed by atoms with van der Waals surface area (Å²) < 4.78 is 10.4. The number of hydrogen-bond acceptors (Lipinski definition) is 5. The van der Waals surface area contributed by atoms with E-state index >= 15 is 0 Å². The first kappa shape index (κ1) is 21.2. The minimum Gasteiger partial charge on any atom is -0.493 e. The lowest BCUT2D eigenvalue weighted by atomic mass is 9.98. The van der Waals surface area contributed by atoms with Gasteiger partial charge in [-0.05, 0) is 38.5 Å². The minimum absolute atomic E-state index is 0.0535. The van der Waals surface area contributed by atoms with E-state index in [2.05, 4.69) is 25.7 Å². The molecule has 0 spiro atoms. The molecular formula is C21H32N2O4. The van der Waals surface area contributed by atoms with Gasteiger partial charge in [0.25, 0.3) is 0 Å². The SMILES string of the molecule is CCC(C)(C)N1CCN(C(=O)CCC(=O)c2ccc(OC)c(OC)c2)CC1. The van der Waals surface area contributed by atoms with Crippen LogP contribution in [-0.4, -0.2) is 67.4 Å². The number of amides is 1. The number of rotatable bonds is 8. The molecule has 27 heavy (non-hydrogen) atoms. The molecule has 1 aromatic rings. The van der Waals surface area contributed by atoms with Crippen molar-refractivity contribution >= 4 is 11.7 Å². The van der Waals surface area contributed by atoms with Gasteiger partial charge in [0.2, 0.25) is 5.91 Å². The van der Waals surface area contributed by atoms with Crippen LogP contribution in [0.4, 0.5) is 0 Å². The van der Waals surface area contributed by atoms with Gasteiger partial charge in [0.05, 0.1) is 14.2 Å². The Kier molecular flexibility index (Phi) is 7.25. The van der Waals surface area contributed by atoms with E-state index in [1.807, 2.05) is 4.90 Å². The average molecular weight is 376 g/mol. The molecule has 1 aromatic carbocycles. The molecule has 0 bridgehead atoms. The molecule has 2 rings (SSSR count). The normalized spacial score (nSPS) is 15.5. The second-order valence-electron chi connectivity index (χ2n) is 7.53. The fraction of sp³-hybridized carbons (Fsp3) is 0.619. The summed E-state index contributed by atoms with van der Waals surface area (Å²) in [5.74, 6) is 1.09. The van der Waals surface area contributed by atoms with Crippen LogP contribution in [0.15, 0.2) is 18.2 Å². The molecule has 0 aromatic heterocycles. The van der Waals surface area contributed by atoms with E-state index in [1.165, 1.54) is 7.11 Å². The van der Waals surface area contributed by atoms with E-state index in [4.69, 9.17) is 9.47 Å². The number of hydrogen-bond donors (Lipinski definition) is 0. The molecule has 1 amide bonds. The van der Waals surface area contributed by atoms with Gasteiger partial charge in [-0.2, -0.15) is 0 Å². The quantitative estimate of drug-likeness (QED) is 0.653. The third-order valence-electron chi connectivity index (χ3n) is 5.63. The lowest BCUT2D eigenvalue weighted by Gasteiger charge is -2.43. The molecule has 0 unspecified atom stereocenters. The zero-order valence-electron chi connectivity index (χ0n) is 17.2. The molecule has 1 heterocycles. The van der Waals surface area contributed by atoms with Crippen LogP contribution >= 0.6 is 0 Å². The van der Waals surface area contributed by atoms with Crippen LogP contribution in [0.3, 0.4) is 0 Å². The molecule has 0 radical (unpaired) electrons. The van der Waals surface area contributed by atoms with Crippen LogP contribution in [0, 0.1) is 0 Å². The van der Waals surface area contributed by atoms with Crippen molar-refractivity contribution in [2.45, 2.75) is 45.6 Å². The first-order valence-electron chi connectivity index (χ1n) is 9.60. The van der Waals surface area contributed by atoms with Gasteiger partial charge < -0.3 is 14.4 Å². The number of Topliss-reactive ketones (excluding diaryl/α,β-unsaturated/α-hetero) is 1. The lowest BCUT2D eigenvalue weighted by Crippen LogP contribution is -2.55. The van der Waals surface area contributed by atoms with Crippen molar-refractivity contribution in [2.24, 2.45) is 0 Å². The Hall–Kier alpha value is -2.08. The fourth-order valence-corrected chi connectivity index (χ4v) is 3.32. The van der Waals surface area contributed by atoms with E-state index in [1.54, 1.807) is 25.3 Å². The highest BCUT2D eigenvalue weighted by molar-refractivity contribution is 5.98. The first-order valence-corrected chi connectivity index (χ1v) is 9.60. The van der Waals surface area contributed by atoms with Crippen molar-refractivity contribution in [3.8, 4) is 11.5 Å². The zero-order valence-corrected chi connectivity index (χ0v) is 17.2. The number of carbonyl (C=O) groups is 2. The summed E-state index contributed by atoms with van der Waals surface area (Å²) in [6, 6.07) is 5.08. The van der Waals surface area contributed by atoms with Gasteiger partial charge in [0, 0.05) is 50.1 Å². The molecule has 1 saturated heterocycles. The summed E-state index contributed by atoms with van der Waals surface area (Å²) in [7, 11) is 3.09. The molecular weight excluding hydrogens is 344 g/mol. The van der Waals surface area contributed by atoms with E-state index in [0.29, 0.717) is 17.1 Å². The highest BCUT2D eigenvalue weighted by Gasteiger charge is 2.29. The van der Waals surface area contributed by atoms with E-state index in [0.717, 1.165) is 32.6 Å². The maximum Gasteiger partial charge on any atom is 0.223 e. The fourth-order valence-electron chi connectivity index (χ4n) is 3.32. The van der Waals surface area contributed by atoms with Gasteiger partial charge in [-0.15, -0.1) is 0 Å². The second-order valence-corrected chi connectivity index (χ2v) is 7.53. The third-order valence-corrected chi connectivity index (χ3v) is 5.63. The lowest BCUT2D eigenvalue weighted by molar-refractivity contribution is -0.133. The maximum absolute atomic E-state index is 12.5. The summed E-state index contributed by atoms with van der Waals surface area (Å²) in [4.78, 5) is 29.3. The Morgan fingerprint density at radius 3 is 2.19 bits per heavy atom. The summed E-state index contributed by atoms with van der Waals surface area (Å²) in [6.07, 6.45) is 1.53. The van der Waals surface area contributed by atoms with Crippen LogP contribution in [0.5, 0.6) is 11.5 Å². The average Bonchev–Trinajstić information content (AvgIpc) is 2.71. The number of nitrogens with zero attached hydrogens (tertiary/aromatic N) is 2. The third kappa shape index (κ3) is 5.22. The number of ether oxygens (including phenoxy) is 2. The van der Waals surface area contributed by atoms with Crippen LogP contribution in [0.25, 0.3) is 0 Å². The zero-order chi connectivity index (χ0) is 20.0. The molecule has 1 fully saturated rings. The van der Waals surface area contributed by atoms with Crippen molar-refractivity contribution in [3.63, 3.8) is 0 Å². The molecule has 6 nitrogen and oxygen atoms in total. The van der Waals surface area contributed by atoms with Crippen molar-refractivity contribution in [2.75, 3.05) is 40.4 Å². The standard InChI is InChI=1S/C21H32N2O4/c1-6-21(2,3)23-13-11-22(12-14-23)20(25)10-8-17(24)16-7-9-18(26-4)19(15-16)27-5/h7,9,15H,6,8,10-14H2,1-5H3. The van der Waals surface area contributed by atoms with Gasteiger partial charge in [-0.25, -0.2) is 0 Å². The van der Waals surface area contributed by atoms with Crippen LogP contribution in [0.1, 0.15) is 50.4 Å². The molecule has 0 N–H and O–H groups in total. The highest BCUT2D eigenvalue weighted by Crippen LogP contribution is 2.28. The molecule has 0 atom stereocenters. The van der Waals surface area contributed by atoms with Crippen molar-refractivity contribution in [1.29, 1.82) is 0 Å². The number of carbonyl (C=O) groups excluding carboxylic acids is 2. The van der Waals surface area contributed by atoms with Crippen LogP contribution in [-0.2, 0) is 4.79 Å². The number of piperazine rings is 1. The van der Waals surface area contributed by atoms with Gasteiger partial charge in [-0.1, -0.05) is 6.92 Å². The smallest absolute Gasteiger partial charge is 0.223 e. The summed E-state index contributed by atoms with van der Waals surface area (Å²) in [5, 5.41) is 0. The van der Waals surface area contributed by atoms with Gasteiger partial charge in [-0.3, -0.25) is 14.5 Å². The summed E-state index contributed by atoms with van der Waals surface area (Å²) in [5.41, 5.74) is 0.702. The molecule has 150 valence electrons. The largest absolute Gasteiger partial charge is 0.493 e. The van der Waals surface area contributed by atoms with E-state index in [9.17, 15) is 9.59 Å². The Labute approximate surface area is 162 Å². The maximum atomic E-state index is 12.5. The predicted octanol–water partition coefficient (Wildman–Crippen LogP) is 3.00. The summed E-state index contributed by atoms with van der Waals surface area (Å²) in [6.45, 7) is 9.90. The van der Waals surface area contributed by atoms with Gasteiger partial charge in [0.1, 0.15) is 0 Å². The minimum atomic E-state index is -0.0601. The van der Waals surface area contributed by atoms with E-state index < -0.39 is 0 Å².